The van der Waals surface area contributed by atoms with E-state index in [9.17, 15) is 14.4 Å². The summed E-state index contributed by atoms with van der Waals surface area (Å²) in [6.07, 6.45) is 0.445. The van der Waals surface area contributed by atoms with E-state index in [0.717, 1.165) is 4.90 Å². The first-order chi connectivity index (χ1) is 9.33. The first-order valence-corrected chi connectivity index (χ1v) is 6.41. The van der Waals surface area contributed by atoms with Gasteiger partial charge in [0.05, 0.1) is 18.8 Å². The number of rotatable bonds is 7. The van der Waals surface area contributed by atoms with Gasteiger partial charge in [-0.25, -0.2) is 4.79 Å². The summed E-state index contributed by atoms with van der Waals surface area (Å²) in [7, 11) is 1.54. The van der Waals surface area contributed by atoms with Gasteiger partial charge in [0.15, 0.2) is 0 Å². The molecule has 0 unspecified atom stereocenters. The fourth-order valence-electron chi connectivity index (χ4n) is 1.81. The molecule has 0 spiro atoms. The summed E-state index contributed by atoms with van der Waals surface area (Å²) in [5, 5.41) is 20.6. The zero-order chi connectivity index (χ0) is 15.3. The van der Waals surface area contributed by atoms with Crippen LogP contribution in [0.25, 0.3) is 0 Å². The number of nitrogens with zero attached hydrogens (tertiary/aromatic N) is 2. The number of carbonyl (C=O) groups is 3. The maximum Gasteiger partial charge on any atom is 0.326 e. The Morgan fingerprint density at radius 3 is 2.40 bits per heavy atom. The average molecular weight is 287 g/mol. The summed E-state index contributed by atoms with van der Waals surface area (Å²) in [5.41, 5.74) is -1.06. The van der Waals surface area contributed by atoms with Crippen molar-refractivity contribution in [2.24, 2.45) is 0 Å². The second kappa shape index (κ2) is 6.67. The zero-order valence-corrected chi connectivity index (χ0v) is 11.8. The van der Waals surface area contributed by atoms with Gasteiger partial charge in [0.2, 0.25) is 11.8 Å². The van der Waals surface area contributed by atoms with Crippen LogP contribution in [0.15, 0.2) is 0 Å². The number of imide groups is 1. The monoisotopic (exact) mass is 287 g/mol. The lowest BCUT2D eigenvalue weighted by Gasteiger charge is -2.26. The van der Waals surface area contributed by atoms with Gasteiger partial charge in [0.25, 0.3) is 0 Å². The molecule has 8 heteroatoms. The fourth-order valence-corrected chi connectivity index (χ4v) is 1.81. The molecule has 0 aromatic carbocycles. The van der Waals surface area contributed by atoms with Crippen LogP contribution in [0.3, 0.4) is 0 Å². The Morgan fingerprint density at radius 2 is 1.95 bits per heavy atom. The first kappa shape index (κ1) is 16.4. The molecule has 1 saturated heterocycles. The number of urea groups is 1. The molecule has 20 heavy (non-hydrogen) atoms. The minimum atomic E-state index is -1.06. The molecule has 114 valence electrons. The molecule has 8 nitrogen and oxygen atoms in total. The average Bonchev–Trinajstić information content (AvgIpc) is 2.65. The summed E-state index contributed by atoms with van der Waals surface area (Å²) in [6, 6.07) is -0.356. The maximum absolute atomic E-state index is 11.6. The summed E-state index contributed by atoms with van der Waals surface area (Å²) in [5.74, 6) is -0.614. The van der Waals surface area contributed by atoms with E-state index in [4.69, 9.17) is 10.2 Å². The van der Waals surface area contributed by atoms with E-state index >= 15 is 0 Å². The third kappa shape index (κ3) is 3.91. The topological polar surface area (TPSA) is 110 Å². The van der Waals surface area contributed by atoms with E-state index in [1.807, 2.05) is 0 Å². The third-order valence-corrected chi connectivity index (χ3v) is 3.16. The minimum Gasteiger partial charge on any atom is -0.394 e. The van der Waals surface area contributed by atoms with E-state index in [2.05, 4.69) is 5.32 Å². The molecule has 0 radical (unpaired) electrons. The van der Waals surface area contributed by atoms with Crippen LogP contribution in [-0.4, -0.2) is 76.7 Å². The van der Waals surface area contributed by atoms with E-state index in [1.54, 1.807) is 7.05 Å². The van der Waals surface area contributed by atoms with Crippen LogP contribution in [0.4, 0.5) is 4.79 Å². The van der Waals surface area contributed by atoms with Crippen molar-refractivity contribution in [2.75, 3.05) is 33.4 Å². The SMILES string of the molecule is CN1CC(=O)N(CCCC(=O)NC(C)(CO)CO)C1=O. The van der Waals surface area contributed by atoms with Gasteiger partial charge in [0, 0.05) is 20.0 Å². The summed E-state index contributed by atoms with van der Waals surface area (Å²) in [4.78, 5) is 37.1. The number of likely N-dealkylation sites (N-methyl/N-ethyl adjacent to an activating group) is 1. The van der Waals surface area contributed by atoms with Gasteiger partial charge in [-0.1, -0.05) is 0 Å². The molecule has 1 heterocycles. The molecule has 1 aliphatic heterocycles. The molecule has 0 atom stereocenters. The Bertz CT molecular complexity index is 395. The molecule has 0 aromatic rings. The van der Waals surface area contributed by atoms with Gasteiger partial charge >= 0.3 is 6.03 Å². The zero-order valence-electron chi connectivity index (χ0n) is 11.8. The lowest BCUT2D eigenvalue weighted by molar-refractivity contribution is -0.127. The third-order valence-electron chi connectivity index (χ3n) is 3.16. The van der Waals surface area contributed by atoms with Crippen LogP contribution >= 0.6 is 0 Å². The Labute approximate surface area is 117 Å². The number of hydrogen-bond acceptors (Lipinski definition) is 5. The van der Waals surface area contributed by atoms with Crippen LogP contribution < -0.4 is 5.32 Å². The number of hydrogen-bond donors (Lipinski definition) is 3. The second-order valence-corrected chi connectivity index (χ2v) is 5.21. The van der Waals surface area contributed by atoms with Gasteiger partial charge in [-0.15, -0.1) is 0 Å². The number of aliphatic hydroxyl groups is 2. The van der Waals surface area contributed by atoms with Crippen molar-refractivity contribution in [1.29, 1.82) is 0 Å². The molecule has 0 bridgehead atoms. The molecular formula is C12H21N3O5. The second-order valence-electron chi connectivity index (χ2n) is 5.21. The Balaban J connectivity index is 2.36. The van der Waals surface area contributed by atoms with Gasteiger partial charge in [-0.3, -0.25) is 14.5 Å². The van der Waals surface area contributed by atoms with Crippen LogP contribution in [0.2, 0.25) is 0 Å². The highest BCUT2D eigenvalue weighted by Crippen LogP contribution is 2.09. The summed E-state index contributed by atoms with van der Waals surface area (Å²) < 4.78 is 0. The lowest BCUT2D eigenvalue weighted by atomic mass is 10.1. The van der Waals surface area contributed by atoms with Gasteiger partial charge in [-0.2, -0.15) is 0 Å². The van der Waals surface area contributed by atoms with Crippen molar-refractivity contribution in [3.05, 3.63) is 0 Å². The van der Waals surface area contributed by atoms with Crippen molar-refractivity contribution >= 4 is 17.8 Å². The molecule has 1 aliphatic rings. The van der Waals surface area contributed by atoms with Crippen LogP contribution in [0.1, 0.15) is 19.8 Å². The number of aliphatic hydroxyl groups excluding tert-OH is 2. The highest BCUT2D eigenvalue weighted by Gasteiger charge is 2.33. The van der Waals surface area contributed by atoms with Crippen molar-refractivity contribution in [2.45, 2.75) is 25.3 Å². The molecule has 0 aliphatic carbocycles. The number of amides is 4. The Morgan fingerprint density at radius 1 is 1.35 bits per heavy atom. The van der Waals surface area contributed by atoms with Gasteiger partial charge in [0.1, 0.15) is 6.54 Å². The molecular weight excluding hydrogens is 266 g/mol. The van der Waals surface area contributed by atoms with E-state index in [0.29, 0.717) is 6.42 Å². The highest BCUT2D eigenvalue weighted by atomic mass is 16.3. The molecule has 4 amide bonds. The predicted molar refractivity (Wildman–Crippen MR) is 69.7 cm³/mol. The minimum absolute atomic E-state index is 0.0676. The summed E-state index contributed by atoms with van der Waals surface area (Å²) >= 11 is 0. The predicted octanol–water partition coefficient (Wildman–Crippen LogP) is -1.48. The van der Waals surface area contributed by atoms with E-state index < -0.39 is 5.54 Å². The molecule has 0 aromatic heterocycles. The number of nitrogens with one attached hydrogen (secondary N) is 1. The molecule has 3 N–H and O–H groups in total. The standard InChI is InChI=1S/C12H21N3O5/c1-12(7-16,8-17)13-9(18)4-3-5-15-10(19)6-14(2)11(15)20/h16-17H,3-8H2,1-2H3,(H,13,18). The first-order valence-electron chi connectivity index (χ1n) is 6.41. The molecule has 1 rings (SSSR count). The Kier molecular flexibility index (Phi) is 5.46. The molecule has 1 fully saturated rings. The van der Waals surface area contributed by atoms with Gasteiger partial charge < -0.3 is 20.4 Å². The molecule has 0 saturated carbocycles. The number of carbonyl (C=O) groups excluding carboxylic acids is 3. The van der Waals surface area contributed by atoms with Crippen LogP contribution in [0.5, 0.6) is 0 Å². The van der Waals surface area contributed by atoms with E-state index in [1.165, 1.54) is 11.8 Å². The Hall–Kier alpha value is -1.67. The fraction of sp³-hybridized carbons (Fsp3) is 0.750. The normalized spacial score (nSPS) is 16.0. The van der Waals surface area contributed by atoms with E-state index in [-0.39, 0.29) is 50.6 Å². The van der Waals surface area contributed by atoms with Crippen molar-refractivity contribution in [3.63, 3.8) is 0 Å². The highest BCUT2D eigenvalue weighted by molar-refractivity contribution is 6.01. The maximum atomic E-state index is 11.6. The quantitative estimate of drug-likeness (QED) is 0.495. The van der Waals surface area contributed by atoms with Crippen molar-refractivity contribution in [1.82, 2.24) is 15.1 Å². The van der Waals surface area contributed by atoms with Crippen molar-refractivity contribution < 1.29 is 24.6 Å². The smallest absolute Gasteiger partial charge is 0.326 e. The van der Waals surface area contributed by atoms with Crippen LogP contribution in [-0.2, 0) is 9.59 Å². The lowest BCUT2D eigenvalue weighted by Crippen LogP contribution is -2.51. The summed E-state index contributed by atoms with van der Waals surface area (Å²) in [6.45, 7) is 1.03. The largest absolute Gasteiger partial charge is 0.394 e. The van der Waals surface area contributed by atoms with Crippen molar-refractivity contribution in [3.8, 4) is 0 Å². The van der Waals surface area contributed by atoms with Gasteiger partial charge in [-0.05, 0) is 13.3 Å². The van der Waals surface area contributed by atoms with Crippen LogP contribution in [0, 0.1) is 0 Å².